The second-order valence-electron chi connectivity index (χ2n) is 7.26. The minimum absolute atomic E-state index is 0. The van der Waals surface area contributed by atoms with Gasteiger partial charge in [-0.2, -0.15) is 0 Å². The summed E-state index contributed by atoms with van der Waals surface area (Å²) in [5.74, 6) is 0. The Balaban J connectivity index is 0.00000261. The normalized spacial score (nSPS) is 14.3. The van der Waals surface area contributed by atoms with Crippen LogP contribution in [0.15, 0.2) is 54.6 Å². The van der Waals surface area contributed by atoms with Crippen LogP contribution in [-0.4, -0.2) is 37.1 Å². The van der Waals surface area contributed by atoms with Crippen molar-refractivity contribution < 1.29 is 0 Å². The van der Waals surface area contributed by atoms with Gasteiger partial charge in [0.2, 0.25) is 0 Å². The van der Waals surface area contributed by atoms with E-state index in [2.05, 4.69) is 83.6 Å². The number of halogens is 3. The lowest BCUT2D eigenvalue weighted by Crippen LogP contribution is -2.41. The van der Waals surface area contributed by atoms with Crippen molar-refractivity contribution in [1.82, 2.24) is 10.2 Å². The van der Waals surface area contributed by atoms with Gasteiger partial charge in [0.05, 0.1) is 0 Å². The highest BCUT2D eigenvalue weighted by Crippen LogP contribution is 2.17. The highest BCUT2D eigenvalue weighted by Gasteiger charge is 2.18. The molecule has 1 heterocycles. The fraction of sp³-hybridized carbons (Fsp3) is 0.478. The Morgan fingerprint density at radius 1 is 0.828 bits per heavy atom. The van der Waals surface area contributed by atoms with E-state index >= 15 is 0 Å². The second kappa shape index (κ2) is 14.9. The van der Waals surface area contributed by atoms with E-state index in [0.29, 0.717) is 6.04 Å². The van der Waals surface area contributed by atoms with Crippen LogP contribution < -0.4 is 10.2 Å². The van der Waals surface area contributed by atoms with Crippen LogP contribution in [0.25, 0.3) is 0 Å². The molecule has 2 aromatic rings. The zero-order valence-electron chi connectivity index (χ0n) is 17.5. The fourth-order valence-corrected chi connectivity index (χ4v) is 3.81. The van der Waals surface area contributed by atoms with Crippen molar-refractivity contribution in [2.45, 2.75) is 45.8 Å². The topological polar surface area (TPSA) is 18.5 Å². The van der Waals surface area contributed by atoms with Crippen molar-refractivity contribution in [2.75, 3.05) is 31.1 Å². The summed E-state index contributed by atoms with van der Waals surface area (Å²) in [5.41, 5.74) is 4.13. The predicted octanol–water partition coefficient (Wildman–Crippen LogP) is 5.55. The summed E-state index contributed by atoms with van der Waals surface area (Å²) in [6.07, 6.45) is 2.48. The van der Waals surface area contributed by atoms with Gasteiger partial charge >= 0.3 is 0 Å². The maximum absolute atomic E-state index is 3.76. The predicted molar refractivity (Wildman–Crippen MR) is 133 cm³/mol. The third-order valence-electron chi connectivity index (χ3n) is 5.50. The number of nitrogens with zero attached hydrogens (tertiary/aromatic N) is 2. The molecule has 0 aromatic heterocycles. The minimum Gasteiger partial charge on any atom is -0.372 e. The Kier molecular flexibility index (Phi) is 14.4. The first-order valence-electron chi connectivity index (χ1n) is 10.1. The number of benzene rings is 2. The Morgan fingerprint density at radius 3 is 1.97 bits per heavy atom. The molecule has 164 valence electrons. The van der Waals surface area contributed by atoms with Crippen LogP contribution in [0.4, 0.5) is 5.69 Å². The van der Waals surface area contributed by atoms with Gasteiger partial charge in [0.15, 0.2) is 0 Å². The van der Waals surface area contributed by atoms with E-state index in [9.17, 15) is 0 Å². The highest BCUT2D eigenvalue weighted by molar-refractivity contribution is 5.86. The zero-order chi connectivity index (χ0) is 18.2. The Hall–Kier alpha value is -0.970. The van der Waals surface area contributed by atoms with Gasteiger partial charge in [-0.3, -0.25) is 4.90 Å². The lowest BCUT2D eigenvalue weighted by atomic mass is 10.0. The van der Waals surface area contributed by atoms with E-state index in [-0.39, 0.29) is 37.2 Å². The van der Waals surface area contributed by atoms with Gasteiger partial charge in [0.25, 0.3) is 0 Å². The maximum Gasteiger partial charge on any atom is 0.0366 e. The van der Waals surface area contributed by atoms with Gasteiger partial charge in [-0.25, -0.2) is 0 Å². The Morgan fingerprint density at radius 2 is 1.41 bits per heavy atom. The molecule has 1 N–H and O–H groups in total. The molecule has 2 aromatic carbocycles. The minimum atomic E-state index is 0. The number of hydrogen-bond donors (Lipinski definition) is 1. The van der Waals surface area contributed by atoms with Crippen molar-refractivity contribution in [1.29, 1.82) is 0 Å². The Labute approximate surface area is 195 Å². The Bertz CT molecular complexity index is 640. The molecule has 0 saturated carbocycles. The molecule has 0 bridgehead atoms. The van der Waals surface area contributed by atoms with Crippen molar-refractivity contribution >= 4 is 42.9 Å². The molecule has 1 fully saturated rings. The molecule has 0 spiro atoms. The third-order valence-corrected chi connectivity index (χ3v) is 5.50. The quantitative estimate of drug-likeness (QED) is 0.557. The first-order valence-corrected chi connectivity index (χ1v) is 10.1. The van der Waals surface area contributed by atoms with E-state index in [1.165, 1.54) is 42.7 Å². The van der Waals surface area contributed by atoms with Crippen LogP contribution in [0.5, 0.6) is 0 Å². The van der Waals surface area contributed by atoms with Crippen LogP contribution in [0.1, 0.15) is 37.8 Å². The van der Waals surface area contributed by atoms with E-state index in [0.717, 1.165) is 26.2 Å². The summed E-state index contributed by atoms with van der Waals surface area (Å²) < 4.78 is 0. The van der Waals surface area contributed by atoms with Gasteiger partial charge in [0.1, 0.15) is 0 Å². The SMILES string of the molecule is CCN(CC)c1ccc(CNC2CCN(Cc3ccccc3)CC2)cc1.Cl.Cl.Cl. The second-order valence-corrected chi connectivity index (χ2v) is 7.26. The number of nitrogens with one attached hydrogen (secondary N) is 1. The summed E-state index contributed by atoms with van der Waals surface area (Å²) in [5, 5.41) is 3.76. The molecule has 29 heavy (non-hydrogen) atoms. The zero-order valence-corrected chi connectivity index (χ0v) is 20.0. The van der Waals surface area contributed by atoms with Gasteiger partial charge < -0.3 is 10.2 Å². The highest BCUT2D eigenvalue weighted by atomic mass is 35.5. The lowest BCUT2D eigenvalue weighted by molar-refractivity contribution is 0.190. The van der Waals surface area contributed by atoms with E-state index in [1.807, 2.05) is 0 Å². The molecule has 0 aliphatic carbocycles. The van der Waals surface area contributed by atoms with Gasteiger partial charge in [-0.05, 0) is 63.0 Å². The molecule has 0 atom stereocenters. The van der Waals surface area contributed by atoms with Crippen LogP contribution in [0.3, 0.4) is 0 Å². The molecule has 0 unspecified atom stereocenters. The van der Waals surface area contributed by atoms with Crippen LogP contribution in [-0.2, 0) is 13.1 Å². The molecule has 1 aliphatic rings. The molecule has 6 heteroatoms. The number of rotatable bonds is 8. The molecule has 3 rings (SSSR count). The monoisotopic (exact) mass is 459 g/mol. The molecule has 0 amide bonds. The molecule has 1 aliphatic heterocycles. The van der Waals surface area contributed by atoms with Crippen LogP contribution >= 0.6 is 37.2 Å². The average molecular weight is 461 g/mol. The number of anilines is 1. The molecular weight excluding hydrogens is 425 g/mol. The summed E-state index contributed by atoms with van der Waals surface area (Å²) >= 11 is 0. The van der Waals surface area contributed by atoms with E-state index in [1.54, 1.807) is 0 Å². The smallest absolute Gasteiger partial charge is 0.0366 e. The van der Waals surface area contributed by atoms with E-state index < -0.39 is 0 Å². The van der Waals surface area contributed by atoms with Crippen LogP contribution in [0, 0.1) is 0 Å². The number of hydrogen-bond acceptors (Lipinski definition) is 3. The van der Waals surface area contributed by atoms with Crippen molar-refractivity contribution in [3.8, 4) is 0 Å². The lowest BCUT2D eigenvalue weighted by Gasteiger charge is -2.32. The third kappa shape index (κ3) is 8.74. The summed E-state index contributed by atoms with van der Waals surface area (Å²) in [6.45, 7) is 11.0. The fourth-order valence-electron chi connectivity index (χ4n) is 3.81. The van der Waals surface area contributed by atoms with Crippen molar-refractivity contribution in [3.05, 3.63) is 65.7 Å². The largest absolute Gasteiger partial charge is 0.372 e. The number of piperidine rings is 1. The molecular formula is C23H36Cl3N3. The standard InChI is InChI=1S/C23H33N3.3ClH/c1-3-26(4-2)23-12-10-20(11-13-23)18-24-22-14-16-25(17-15-22)19-21-8-6-5-7-9-21;;;/h5-13,22,24H,3-4,14-19H2,1-2H3;3*1H. The summed E-state index contributed by atoms with van der Waals surface area (Å²) in [4.78, 5) is 4.96. The van der Waals surface area contributed by atoms with Crippen LogP contribution in [0.2, 0.25) is 0 Å². The first-order chi connectivity index (χ1) is 12.8. The maximum atomic E-state index is 3.76. The summed E-state index contributed by atoms with van der Waals surface area (Å²) in [7, 11) is 0. The summed E-state index contributed by atoms with van der Waals surface area (Å²) in [6, 6.07) is 20.5. The van der Waals surface area contributed by atoms with Gasteiger partial charge in [0, 0.05) is 37.9 Å². The first kappa shape index (κ1) is 28.0. The molecule has 3 nitrogen and oxygen atoms in total. The van der Waals surface area contributed by atoms with Gasteiger partial charge in [-0.15, -0.1) is 37.2 Å². The van der Waals surface area contributed by atoms with Gasteiger partial charge in [-0.1, -0.05) is 42.5 Å². The average Bonchev–Trinajstić information content (AvgIpc) is 2.70. The number of likely N-dealkylation sites (tertiary alicyclic amines) is 1. The van der Waals surface area contributed by atoms with Crippen molar-refractivity contribution in [3.63, 3.8) is 0 Å². The van der Waals surface area contributed by atoms with E-state index in [4.69, 9.17) is 0 Å². The van der Waals surface area contributed by atoms with Crippen molar-refractivity contribution in [2.24, 2.45) is 0 Å². The molecule has 0 radical (unpaired) electrons. The molecule has 1 saturated heterocycles.